The van der Waals surface area contributed by atoms with Crippen LogP contribution in [0.3, 0.4) is 0 Å². The number of nitrogens with zero attached hydrogens (tertiary/aromatic N) is 1. The van der Waals surface area contributed by atoms with Gasteiger partial charge < -0.3 is 23.3 Å². The Labute approximate surface area is 360 Å². The molecule has 6 rings (SSSR count). The fraction of sp³-hybridized carbons (Fsp3) is 0.234. The number of carbonyl (C=O) groups excluding carboxylic acids is 4. The molecule has 5 aromatic rings. The number of carbonyl (C=O) groups is 4. The summed E-state index contributed by atoms with van der Waals surface area (Å²) in [4.78, 5) is 53.6. The molecule has 0 spiro atoms. The Morgan fingerprint density at radius 2 is 1.32 bits per heavy atom. The first-order valence-electron chi connectivity index (χ1n) is 19.5. The summed E-state index contributed by atoms with van der Waals surface area (Å²) in [7, 11) is -5.94. The molecule has 0 N–H and O–H groups in total. The minimum absolute atomic E-state index is 0.0623. The SMILES string of the molecule is CC(=O)O[C@@H](CC[C@H]1C(=O)N(c2ccc(OS(=O)(=O)C(F)(F)F)cc2)[C@@H]1c1ccc(C#CCC(C(=O)OCc2ccccc2)C(=O)OCc2ccccc2)cc1)c1ccc(F)cc1. The van der Waals surface area contributed by atoms with Gasteiger partial charge in [-0.15, -0.1) is 0 Å². The smallest absolute Gasteiger partial charge is 0.460 e. The highest BCUT2D eigenvalue weighted by Gasteiger charge is 2.50. The number of hydrogen-bond acceptors (Lipinski definition) is 10. The largest absolute Gasteiger partial charge is 0.534 e. The lowest BCUT2D eigenvalue weighted by molar-refractivity contribution is -0.163. The van der Waals surface area contributed by atoms with Gasteiger partial charge in [-0.05, 0) is 83.6 Å². The average Bonchev–Trinajstić information content (AvgIpc) is 3.26. The van der Waals surface area contributed by atoms with E-state index in [9.17, 15) is 45.2 Å². The molecule has 1 amide bonds. The highest BCUT2D eigenvalue weighted by atomic mass is 32.2. The fourth-order valence-corrected chi connectivity index (χ4v) is 7.24. The molecule has 3 atom stereocenters. The van der Waals surface area contributed by atoms with Crippen LogP contribution in [0.1, 0.15) is 66.1 Å². The topological polar surface area (TPSA) is 143 Å². The molecule has 1 aliphatic rings. The summed E-state index contributed by atoms with van der Waals surface area (Å²) in [6, 6.07) is 33.8. The molecule has 11 nitrogen and oxygen atoms in total. The van der Waals surface area contributed by atoms with Crippen LogP contribution in [-0.4, -0.2) is 37.7 Å². The Bertz CT molecular complexity index is 2510. The van der Waals surface area contributed by atoms with Gasteiger partial charge in [0.05, 0.1) is 12.0 Å². The van der Waals surface area contributed by atoms with Crippen LogP contribution in [-0.2, 0) is 56.7 Å². The van der Waals surface area contributed by atoms with Gasteiger partial charge in [0.2, 0.25) is 5.91 Å². The van der Waals surface area contributed by atoms with Crippen molar-refractivity contribution in [2.75, 3.05) is 4.90 Å². The van der Waals surface area contributed by atoms with Crippen molar-refractivity contribution >= 4 is 39.6 Å². The maximum atomic E-state index is 13.8. The van der Waals surface area contributed by atoms with Crippen molar-refractivity contribution in [3.63, 3.8) is 0 Å². The van der Waals surface area contributed by atoms with Gasteiger partial charge in [-0.25, -0.2) is 4.39 Å². The zero-order valence-corrected chi connectivity index (χ0v) is 34.3. The number of benzene rings is 5. The second kappa shape index (κ2) is 20.3. The number of rotatable bonds is 16. The van der Waals surface area contributed by atoms with Crippen molar-refractivity contribution in [3.05, 3.63) is 167 Å². The Morgan fingerprint density at radius 1 is 0.762 bits per heavy atom. The summed E-state index contributed by atoms with van der Waals surface area (Å²) in [5.41, 5.74) is -2.38. The summed E-state index contributed by atoms with van der Waals surface area (Å²) in [6.45, 7) is 1.10. The van der Waals surface area contributed by atoms with E-state index in [1.165, 1.54) is 48.2 Å². The Kier molecular flexibility index (Phi) is 14.6. The minimum atomic E-state index is -5.94. The third-order valence-corrected chi connectivity index (χ3v) is 10.9. The van der Waals surface area contributed by atoms with Crippen LogP contribution >= 0.6 is 0 Å². The molecule has 63 heavy (non-hydrogen) atoms. The quantitative estimate of drug-likeness (QED) is 0.0138. The fourth-order valence-electron chi connectivity index (χ4n) is 6.78. The number of β-lactam (4-membered cyclic amide) rings is 1. The lowest BCUT2D eigenvalue weighted by atomic mass is 9.78. The van der Waals surface area contributed by atoms with Gasteiger partial charge in [0, 0.05) is 24.6 Å². The van der Waals surface area contributed by atoms with Crippen LogP contribution in [0.5, 0.6) is 5.75 Å². The maximum Gasteiger partial charge on any atom is 0.534 e. The first kappa shape index (κ1) is 45.5. The molecule has 0 aromatic heterocycles. The van der Waals surface area contributed by atoms with E-state index in [1.807, 2.05) is 12.1 Å². The highest BCUT2D eigenvalue weighted by Crippen LogP contribution is 2.47. The van der Waals surface area contributed by atoms with Crippen molar-refractivity contribution in [2.45, 2.75) is 57.1 Å². The second-order valence-corrected chi connectivity index (χ2v) is 15.9. The molecular weight excluding hydrogens is 847 g/mol. The van der Waals surface area contributed by atoms with E-state index in [4.69, 9.17) is 14.2 Å². The van der Waals surface area contributed by atoms with Crippen molar-refractivity contribution in [2.24, 2.45) is 11.8 Å². The monoisotopic (exact) mass is 885 g/mol. The number of hydrogen-bond donors (Lipinski definition) is 0. The Morgan fingerprint density at radius 3 is 1.84 bits per heavy atom. The minimum Gasteiger partial charge on any atom is -0.460 e. The molecule has 1 aliphatic heterocycles. The predicted octanol–water partition coefficient (Wildman–Crippen LogP) is 8.69. The van der Waals surface area contributed by atoms with Crippen LogP contribution in [0.2, 0.25) is 0 Å². The van der Waals surface area contributed by atoms with E-state index in [1.54, 1.807) is 72.8 Å². The van der Waals surface area contributed by atoms with Gasteiger partial charge in [0.1, 0.15) is 30.9 Å². The van der Waals surface area contributed by atoms with Crippen molar-refractivity contribution in [3.8, 4) is 17.6 Å². The van der Waals surface area contributed by atoms with Crippen LogP contribution in [0.25, 0.3) is 0 Å². The van der Waals surface area contributed by atoms with Gasteiger partial charge in [0.15, 0.2) is 5.92 Å². The maximum absolute atomic E-state index is 13.8. The molecule has 0 radical (unpaired) electrons. The van der Waals surface area contributed by atoms with Crippen molar-refractivity contribution < 1.29 is 63.6 Å². The molecule has 0 bridgehead atoms. The average molecular weight is 886 g/mol. The van der Waals surface area contributed by atoms with E-state index in [0.717, 1.165) is 23.3 Å². The second-order valence-electron chi connectivity index (χ2n) is 14.3. The first-order valence-corrected chi connectivity index (χ1v) is 20.9. The lowest BCUT2D eigenvalue weighted by Gasteiger charge is -2.48. The molecular formula is C47H39F4NO10S. The summed E-state index contributed by atoms with van der Waals surface area (Å²) in [6.07, 6.45) is -0.688. The van der Waals surface area contributed by atoms with Gasteiger partial charge in [-0.2, -0.15) is 21.6 Å². The highest BCUT2D eigenvalue weighted by molar-refractivity contribution is 7.88. The summed E-state index contributed by atoms with van der Waals surface area (Å²) in [5.74, 6) is 0.0710. The number of halogens is 4. The van der Waals surface area contributed by atoms with Gasteiger partial charge in [0.25, 0.3) is 0 Å². The van der Waals surface area contributed by atoms with Gasteiger partial charge in [-0.1, -0.05) is 96.8 Å². The van der Waals surface area contributed by atoms with E-state index < -0.39 is 69.1 Å². The zero-order valence-electron chi connectivity index (χ0n) is 33.5. The van der Waals surface area contributed by atoms with E-state index in [-0.39, 0.29) is 44.1 Å². The summed E-state index contributed by atoms with van der Waals surface area (Å²) >= 11 is 0. The normalized spacial score (nSPS) is 15.3. The van der Waals surface area contributed by atoms with E-state index in [2.05, 4.69) is 16.0 Å². The molecule has 16 heteroatoms. The van der Waals surface area contributed by atoms with E-state index in [0.29, 0.717) is 16.7 Å². The molecule has 0 saturated carbocycles. The number of alkyl halides is 3. The third-order valence-electron chi connectivity index (χ3n) is 9.92. The summed E-state index contributed by atoms with van der Waals surface area (Å²) < 4.78 is 96.4. The van der Waals surface area contributed by atoms with Crippen LogP contribution in [0.4, 0.5) is 23.2 Å². The number of amides is 1. The number of ether oxygens (including phenoxy) is 3. The van der Waals surface area contributed by atoms with E-state index >= 15 is 0 Å². The predicted molar refractivity (Wildman–Crippen MR) is 220 cm³/mol. The number of anilines is 1. The standard InChI is InChI=1S/C47H39F4NO10S/c1-31(53)61-42(35-19-21-37(48)22-20-35)28-27-40-43(52(44(40)54)38-23-25-39(26-24-38)62-63(57,58)47(49,50)51)36-17-15-32(16-18-36)13-8-14-41(45(55)59-29-33-9-4-2-5-10-33)46(56)60-30-34-11-6-3-7-12-34/h2-7,9-12,15-26,40-43H,14,27-30H2,1H3/t40-,42+,43-/m1/s1. The molecule has 326 valence electrons. The van der Waals surface area contributed by atoms with Crippen LogP contribution < -0.4 is 9.08 Å². The molecule has 0 aliphatic carbocycles. The summed E-state index contributed by atoms with van der Waals surface area (Å²) in [5, 5.41) is 0. The lowest BCUT2D eigenvalue weighted by Crippen LogP contribution is -2.55. The molecule has 1 fully saturated rings. The van der Waals surface area contributed by atoms with Crippen LogP contribution in [0, 0.1) is 29.5 Å². The molecule has 5 aromatic carbocycles. The zero-order chi connectivity index (χ0) is 45.1. The van der Waals surface area contributed by atoms with Crippen LogP contribution in [0.15, 0.2) is 133 Å². The van der Waals surface area contributed by atoms with Gasteiger partial charge >= 0.3 is 33.5 Å². The molecule has 1 heterocycles. The molecule has 0 unspecified atom stereocenters. The third kappa shape index (κ3) is 11.9. The Balaban J connectivity index is 1.22. The molecule has 1 saturated heterocycles. The van der Waals surface area contributed by atoms with Crippen molar-refractivity contribution in [1.82, 2.24) is 0 Å². The first-order chi connectivity index (χ1) is 30.1. The van der Waals surface area contributed by atoms with Gasteiger partial charge in [-0.3, -0.25) is 19.2 Å². The number of esters is 3. The Hall–Kier alpha value is -6.99. The van der Waals surface area contributed by atoms with Crippen molar-refractivity contribution in [1.29, 1.82) is 0 Å².